The van der Waals surface area contributed by atoms with E-state index in [-0.39, 0.29) is 0 Å². The molecule has 0 fully saturated rings. The van der Waals surface area contributed by atoms with Gasteiger partial charge in [-0.05, 0) is 63.4 Å². The monoisotopic (exact) mass is 279 g/mol. The Kier molecular flexibility index (Phi) is 6.02. The number of ether oxygens (including phenoxy) is 1. The number of carboxylic acid groups (broad SMARTS) is 1. The maximum absolute atomic E-state index is 11.3. The van der Waals surface area contributed by atoms with E-state index >= 15 is 0 Å². The van der Waals surface area contributed by atoms with Gasteiger partial charge in [-0.25, -0.2) is 0 Å². The minimum absolute atomic E-state index is 0.527. The van der Waals surface area contributed by atoms with Crippen molar-refractivity contribution < 1.29 is 14.6 Å². The Hall–Kier alpha value is -1.55. The van der Waals surface area contributed by atoms with Gasteiger partial charge in [0.1, 0.15) is 11.3 Å². The Morgan fingerprint density at radius 2 is 2.05 bits per heavy atom. The molecule has 0 radical (unpaired) electrons. The highest BCUT2D eigenvalue weighted by Gasteiger charge is 2.34. The van der Waals surface area contributed by atoms with Gasteiger partial charge in [0.25, 0.3) is 0 Å². The van der Waals surface area contributed by atoms with E-state index in [0.29, 0.717) is 25.9 Å². The fourth-order valence-electron chi connectivity index (χ4n) is 2.21. The highest BCUT2D eigenvalue weighted by atomic mass is 16.5. The molecule has 1 atom stereocenters. The Bertz CT molecular complexity index is 453. The summed E-state index contributed by atoms with van der Waals surface area (Å²) in [6, 6.07) is 5.99. The Morgan fingerprint density at radius 3 is 2.55 bits per heavy atom. The van der Waals surface area contributed by atoms with Crippen LogP contribution in [-0.4, -0.2) is 30.3 Å². The van der Waals surface area contributed by atoms with E-state index in [2.05, 4.69) is 19.2 Å². The summed E-state index contributed by atoms with van der Waals surface area (Å²) >= 11 is 0. The van der Waals surface area contributed by atoms with E-state index < -0.39 is 11.5 Å². The topological polar surface area (TPSA) is 58.6 Å². The fourth-order valence-corrected chi connectivity index (χ4v) is 2.21. The third-order valence-corrected chi connectivity index (χ3v) is 3.99. The van der Waals surface area contributed by atoms with Gasteiger partial charge >= 0.3 is 5.97 Å². The third-order valence-electron chi connectivity index (χ3n) is 3.99. The second kappa shape index (κ2) is 7.29. The van der Waals surface area contributed by atoms with Crippen molar-refractivity contribution in [1.82, 2.24) is 5.32 Å². The van der Waals surface area contributed by atoms with Crippen LogP contribution < -0.4 is 10.1 Å². The predicted octanol–water partition coefficient (Wildman–Crippen LogP) is 2.92. The Labute approximate surface area is 121 Å². The number of hydrogen-bond acceptors (Lipinski definition) is 3. The van der Waals surface area contributed by atoms with E-state index in [1.807, 2.05) is 25.1 Å². The maximum atomic E-state index is 11.3. The molecule has 1 rings (SSSR count). The molecule has 1 unspecified atom stereocenters. The average molecular weight is 279 g/mol. The number of carbonyl (C=O) groups is 1. The second-order valence-corrected chi connectivity index (χ2v) is 5.19. The summed E-state index contributed by atoms with van der Waals surface area (Å²) in [7, 11) is 1.70. The zero-order valence-electron chi connectivity index (χ0n) is 12.8. The minimum atomic E-state index is -0.841. The fraction of sp³-hybridized carbons (Fsp3) is 0.562. The molecule has 1 aromatic carbocycles. The molecule has 0 aliphatic rings. The molecule has 0 bridgehead atoms. The number of carboxylic acids is 1. The molecule has 0 amide bonds. The predicted molar refractivity (Wildman–Crippen MR) is 80.4 cm³/mol. The van der Waals surface area contributed by atoms with Gasteiger partial charge in [0.2, 0.25) is 0 Å². The van der Waals surface area contributed by atoms with Crippen LogP contribution in [0.15, 0.2) is 18.2 Å². The van der Waals surface area contributed by atoms with Crippen LogP contribution in [0.4, 0.5) is 0 Å². The molecule has 0 heterocycles. The molecule has 0 aromatic heterocycles. The lowest BCUT2D eigenvalue weighted by Crippen LogP contribution is -2.50. The molecule has 0 aliphatic carbocycles. The largest absolute Gasteiger partial charge is 0.494 e. The second-order valence-electron chi connectivity index (χ2n) is 5.19. The van der Waals surface area contributed by atoms with Gasteiger partial charge in [-0.1, -0.05) is 13.0 Å². The summed E-state index contributed by atoms with van der Waals surface area (Å²) in [5.74, 6) is 0.0451. The van der Waals surface area contributed by atoms with Crippen LogP contribution in [0.1, 0.15) is 37.3 Å². The van der Waals surface area contributed by atoms with Crippen molar-refractivity contribution in [3.8, 4) is 5.75 Å². The summed E-state index contributed by atoms with van der Waals surface area (Å²) in [4.78, 5) is 11.3. The van der Waals surface area contributed by atoms with Crippen molar-refractivity contribution in [2.45, 2.75) is 45.6 Å². The first-order valence-electron chi connectivity index (χ1n) is 7.07. The summed E-state index contributed by atoms with van der Waals surface area (Å²) < 4.78 is 5.69. The SMILES string of the molecule is CCC(CCCOc1ccc(C)c(C)c1)(NC)C(=O)O. The van der Waals surface area contributed by atoms with Crippen molar-refractivity contribution in [1.29, 1.82) is 0 Å². The van der Waals surface area contributed by atoms with Gasteiger partial charge in [-0.2, -0.15) is 0 Å². The first kappa shape index (κ1) is 16.5. The number of benzene rings is 1. The zero-order valence-corrected chi connectivity index (χ0v) is 12.8. The molecule has 4 heteroatoms. The van der Waals surface area contributed by atoms with Crippen molar-refractivity contribution in [2.24, 2.45) is 0 Å². The number of hydrogen-bond donors (Lipinski definition) is 2. The molecule has 4 nitrogen and oxygen atoms in total. The van der Waals surface area contributed by atoms with Gasteiger partial charge in [0, 0.05) is 0 Å². The van der Waals surface area contributed by atoms with Crippen LogP contribution in [0.2, 0.25) is 0 Å². The smallest absolute Gasteiger partial charge is 0.323 e. The molecule has 0 saturated carbocycles. The maximum Gasteiger partial charge on any atom is 0.323 e. The highest BCUT2D eigenvalue weighted by molar-refractivity contribution is 5.78. The summed E-state index contributed by atoms with van der Waals surface area (Å²) in [6.45, 7) is 6.53. The van der Waals surface area contributed by atoms with Crippen LogP contribution in [-0.2, 0) is 4.79 Å². The molecule has 20 heavy (non-hydrogen) atoms. The van der Waals surface area contributed by atoms with Crippen molar-refractivity contribution in [3.63, 3.8) is 0 Å². The van der Waals surface area contributed by atoms with E-state index in [1.54, 1.807) is 7.05 Å². The molecule has 0 spiro atoms. The standard InChI is InChI=1S/C16H25NO3/c1-5-16(17-4,15(18)19)9-6-10-20-14-8-7-12(2)13(3)11-14/h7-8,11,17H,5-6,9-10H2,1-4H3,(H,18,19). The van der Waals surface area contributed by atoms with Gasteiger partial charge in [-0.3, -0.25) is 4.79 Å². The molecule has 2 N–H and O–H groups in total. The van der Waals surface area contributed by atoms with Crippen LogP contribution in [0, 0.1) is 13.8 Å². The van der Waals surface area contributed by atoms with Gasteiger partial charge in [0.05, 0.1) is 6.61 Å². The number of rotatable bonds is 8. The number of nitrogens with one attached hydrogen (secondary N) is 1. The molecule has 0 aliphatic heterocycles. The molecule has 112 valence electrons. The quantitative estimate of drug-likeness (QED) is 0.718. The van der Waals surface area contributed by atoms with Crippen LogP contribution >= 0.6 is 0 Å². The van der Waals surface area contributed by atoms with E-state index in [0.717, 1.165) is 5.75 Å². The first-order valence-corrected chi connectivity index (χ1v) is 7.07. The lowest BCUT2D eigenvalue weighted by Gasteiger charge is -2.27. The summed E-state index contributed by atoms with van der Waals surface area (Å²) in [5, 5.41) is 12.2. The lowest BCUT2D eigenvalue weighted by molar-refractivity contribution is -0.145. The van der Waals surface area contributed by atoms with E-state index in [9.17, 15) is 9.90 Å². The molecule has 0 saturated heterocycles. The van der Waals surface area contributed by atoms with E-state index in [1.165, 1.54) is 11.1 Å². The number of aliphatic carboxylic acids is 1. The lowest BCUT2D eigenvalue weighted by atomic mass is 9.91. The van der Waals surface area contributed by atoms with Crippen LogP contribution in [0.5, 0.6) is 5.75 Å². The zero-order chi connectivity index (χ0) is 15.2. The van der Waals surface area contributed by atoms with Gasteiger partial charge < -0.3 is 15.2 Å². The first-order chi connectivity index (χ1) is 9.45. The number of aryl methyl sites for hydroxylation is 2. The van der Waals surface area contributed by atoms with Crippen LogP contribution in [0.3, 0.4) is 0 Å². The average Bonchev–Trinajstić information content (AvgIpc) is 2.43. The third kappa shape index (κ3) is 3.97. The summed E-state index contributed by atoms with van der Waals surface area (Å²) in [6.07, 6.45) is 1.82. The van der Waals surface area contributed by atoms with E-state index in [4.69, 9.17) is 4.74 Å². The minimum Gasteiger partial charge on any atom is -0.494 e. The molecule has 1 aromatic rings. The Morgan fingerprint density at radius 1 is 1.35 bits per heavy atom. The Balaban J connectivity index is 2.48. The molecular weight excluding hydrogens is 254 g/mol. The number of likely N-dealkylation sites (N-methyl/N-ethyl adjacent to an activating group) is 1. The van der Waals surface area contributed by atoms with Crippen molar-refractivity contribution in [3.05, 3.63) is 29.3 Å². The van der Waals surface area contributed by atoms with Gasteiger partial charge in [-0.15, -0.1) is 0 Å². The summed E-state index contributed by atoms with van der Waals surface area (Å²) in [5.41, 5.74) is 1.60. The highest BCUT2D eigenvalue weighted by Crippen LogP contribution is 2.20. The van der Waals surface area contributed by atoms with Gasteiger partial charge in [0.15, 0.2) is 0 Å². The van der Waals surface area contributed by atoms with Crippen LogP contribution in [0.25, 0.3) is 0 Å². The molecular formula is C16H25NO3. The van der Waals surface area contributed by atoms with Crippen molar-refractivity contribution >= 4 is 5.97 Å². The van der Waals surface area contributed by atoms with Crippen molar-refractivity contribution in [2.75, 3.05) is 13.7 Å². The normalized spacial score (nSPS) is 13.8.